The van der Waals surface area contributed by atoms with Crippen LogP contribution in [0.1, 0.15) is 207 Å². The molecule has 0 bridgehead atoms. The van der Waals surface area contributed by atoms with Crippen LogP contribution in [-0.2, 0) is 28.6 Å². The maximum Gasteiger partial charge on any atom is 0.306 e. The first-order valence-electron chi connectivity index (χ1n) is 25.6. The van der Waals surface area contributed by atoms with E-state index >= 15 is 0 Å². The van der Waals surface area contributed by atoms with Gasteiger partial charge < -0.3 is 14.2 Å². The van der Waals surface area contributed by atoms with Gasteiger partial charge in [0.05, 0.1) is 0 Å². The molecule has 360 valence electrons. The first-order valence-corrected chi connectivity index (χ1v) is 25.6. The summed E-state index contributed by atoms with van der Waals surface area (Å²) in [5, 5.41) is 0. The van der Waals surface area contributed by atoms with Crippen LogP contribution in [0.15, 0.2) is 122 Å². The maximum absolute atomic E-state index is 12.8. The first-order chi connectivity index (χ1) is 31.5. The molecular formula is C58H92O6. The van der Waals surface area contributed by atoms with Crippen LogP contribution in [0.2, 0.25) is 0 Å². The van der Waals surface area contributed by atoms with Gasteiger partial charge in [-0.05, 0) is 103 Å². The molecule has 1 unspecified atom stereocenters. The van der Waals surface area contributed by atoms with E-state index in [4.69, 9.17) is 14.2 Å². The van der Waals surface area contributed by atoms with Crippen molar-refractivity contribution >= 4 is 17.9 Å². The topological polar surface area (TPSA) is 78.9 Å². The molecule has 0 saturated carbocycles. The zero-order valence-corrected chi connectivity index (χ0v) is 41.0. The van der Waals surface area contributed by atoms with Crippen LogP contribution < -0.4 is 0 Å². The number of esters is 3. The molecule has 0 aromatic heterocycles. The molecule has 0 spiro atoms. The van der Waals surface area contributed by atoms with Crippen molar-refractivity contribution in [2.45, 2.75) is 213 Å². The number of ether oxygens (including phenoxy) is 3. The monoisotopic (exact) mass is 885 g/mol. The molecule has 0 heterocycles. The second kappa shape index (κ2) is 51.4. The standard InChI is InChI=1S/C58H92O6/c1-4-7-10-13-16-19-22-25-27-29-31-33-36-39-42-45-48-51-57(60)63-54-55(53-62-56(59)50-47-44-41-38-35-32-24-21-18-15-12-9-6-3)64-58(61)52-49-46-43-40-37-34-30-28-26-23-20-17-14-11-8-5-2/h7,9-10,12,15-16,18-19,21,24-25,27-28,30-33,35,39,42,55H,4-6,8,11,13-14,17,20,22-23,26,29,34,36-38,40-41,43-54H2,1-3H3/b10-7-,12-9-,18-15-,19-16-,24-21-,27-25-,30-28-,33-31-,35-32-,42-39-. The number of carbonyl (C=O) groups is 3. The molecule has 6 heteroatoms. The molecule has 0 aromatic rings. The number of hydrogen-bond acceptors (Lipinski definition) is 6. The first kappa shape index (κ1) is 59.8. The highest BCUT2D eigenvalue weighted by Gasteiger charge is 2.19. The zero-order valence-electron chi connectivity index (χ0n) is 41.0. The van der Waals surface area contributed by atoms with E-state index in [1.165, 1.54) is 57.8 Å². The van der Waals surface area contributed by atoms with Crippen LogP contribution in [0, 0.1) is 0 Å². The SMILES string of the molecule is CC\C=C/C=C\C=C/C=C\CCCCCC(=O)OCC(COC(=O)CCC/C=C\C/C=C\C/C=C\C/C=C\C/C=C\CC)OC(=O)CCCCCCC/C=C\CCCCCCCCC. The third kappa shape index (κ3) is 48.8. The third-order valence-electron chi connectivity index (χ3n) is 10.3. The molecular weight excluding hydrogens is 793 g/mol. The highest BCUT2D eigenvalue weighted by atomic mass is 16.6. The van der Waals surface area contributed by atoms with E-state index in [-0.39, 0.29) is 37.5 Å². The van der Waals surface area contributed by atoms with Crippen molar-refractivity contribution in [2.24, 2.45) is 0 Å². The predicted octanol–water partition coefficient (Wildman–Crippen LogP) is 16.9. The minimum Gasteiger partial charge on any atom is -0.462 e. The summed E-state index contributed by atoms with van der Waals surface area (Å²) in [5.74, 6) is -1.03. The van der Waals surface area contributed by atoms with Crippen molar-refractivity contribution in [3.63, 3.8) is 0 Å². The Morgan fingerprint density at radius 2 is 0.703 bits per heavy atom. The lowest BCUT2D eigenvalue weighted by Crippen LogP contribution is -2.30. The van der Waals surface area contributed by atoms with Gasteiger partial charge in [0.25, 0.3) is 0 Å². The number of carbonyl (C=O) groups excluding carboxylic acids is 3. The summed E-state index contributed by atoms with van der Waals surface area (Å²) in [7, 11) is 0. The van der Waals surface area contributed by atoms with Crippen molar-refractivity contribution in [1.29, 1.82) is 0 Å². The Balaban J connectivity index is 4.56. The number of hydrogen-bond donors (Lipinski definition) is 0. The van der Waals surface area contributed by atoms with Gasteiger partial charge in [-0.25, -0.2) is 0 Å². The van der Waals surface area contributed by atoms with Crippen LogP contribution in [0.25, 0.3) is 0 Å². The molecule has 6 nitrogen and oxygen atoms in total. The summed E-state index contributed by atoms with van der Waals surface area (Å²) in [6.45, 7) is 6.27. The summed E-state index contributed by atoms with van der Waals surface area (Å²) in [6.07, 6.45) is 70.5. The summed E-state index contributed by atoms with van der Waals surface area (Å²) >= 11 is 0. The second-order valence-electron chi connectivity index (χ2n) is 16.4. The molecule has 1 atom stereocenters. The van der Waals surface area contributed by atoms with Crippen molar-refractivity contribution in [3.8, 4) is 0 Å². The molecule has 0 aliphatic heterocycles. The van der Waals surface area contributed by atoms with Gasteiger partial charge in [-0.15, -0.1) is 0 Å². The molecule has 0 amide bonds. The Bertz CT molecular complexity index is 1390. The van der Waals surface area contributed by atoms with Crippen LogP contribution in [0.3, 0.4) is 0 Å². The van der Waals surface area contributed by atoms with E-state index in [9.17, 15) is 14.4 Å². The smallest absolute Gasteiger partial charge is 0.306 e. The van der Waals surface area contributed by atoms with Crippen molar-refractivity contribution in [3.05, 3.63) is 122 Å². The minimum atomic E-state index is -0.824. The van der Waals surface area contributed by atoms with Gasteiger partial charge in [0.2, 0.25) is 0 Å². The molecule has 0 aliphatic rings. The van der Waals surface area contributed by atoms with Crippen molar-refractivity contribution < 1.29 is 28.6 Å². The molecule has 0 aliphatic carbocycles. The zero-order chi connectivity index (χ0) is 46.5. The normalized spacial score (nSPS) is 13.1. The molecule has 0 N–H and O–H groups in total. The van der Waals surface area contributed by atoms with E-state index in [2.05, 4.69) is 106 Å². The van der Waals surface area contributed by atoms with Crippen LogP contribution in [-0.4, -0.2) is 37.2 Å². The Hall–Kier alpha value is -4.19. The third-order valence-corrected chi connectivity index (χ3v) is 10.3. The lowest BCUT2D eigenvalue weighted by atomic mass is 10.1. The second-order valence-corrected chi connectivity index (χ2v) is 16.4. The predicted molar refractivity (Wildman–Crippen MR) is 274 cm³/mol. The van der Waals surface area contributed by atoms with Gasteiger partial charge in [0.15, 0.2) is 6.10 Å². The fraction of sp³-hybridized carbons (Fsp3) is 0.603. The molecule has 0 rings (SSSR count). The Labute approximate surface area is 392 Å². The molecule has 0 aromatic carbocycles. The van der Waals surface area contributed by atoms with E-state index in [0.29, 0.717) is 19.3 Å². The Kier molecular flexibility index (Phi) is 48.1. The summed E-state index contributed by atoms with van der Waals surface area (Å²) in [5.41, 5.74) is 0. The molecule has 64 heavy (non-hydrogen) atoms. The maximum atomic E-state index is 12.8. The van der Waals surface area contributed by atoms with E-state index in [0.717, 1.165) is 103 Å². The molecule has 0 radical (unpaired) electrons. The van der Waals surface area contributed by atoms with Gasteiger partial charge in [-0.1, -0.05) is 206 Å². The summed E-state index contributed by atoms with van der Waals surface area (Å²) < 4.78 is 16.7. The van der Waals surface area contributed by atoms with Gasteiger partial charge in [-0.3, -0.25) is 14.4 Å². The van der Waals surface area contributed by atoms with E-state index in [1.807, 2.05) is 36.5 Å². The summed E-state index contributed by atoms with van der Waals surface area (Å²) in [6, 6.07) is 0. The van der Waals surface area contributed by atoms with Gasteiger partial charge in [0.1, 0.15) is 13.2 Å². The summed E-state index contributed by atoms with van der Waals surface area (Å²) in [4.78, 5) is 37.9. The van der Waals surface area contributed by atoms with Crippen LogP contribution in [0.5, 0.6) is 0 Å². The van der Waals surface area contributed by atoms with Gasteiger partial charge >= 0.3 is 17.9 Å². The average molecular weight is 885 g/mol. The largest absolute Gasteiger partial charge is 0.462 e. The average Bonchev–Trinajstić information content (AvgIpc) is 3.29. The molecule has 0 saturated heterocycles. The molecule has 0 fully saturated rings. The fourth-order valence-corrected chi connectivity index (χ4v) is 6.48. The van der Waals surface area contributed by atoms with Crippen LogP contribution >= 0.6 is 0 Å². The van der Waals surface area contributed by atoms with Gasteiger partial charge in [0, 0.05) is 19.3 Å². The van der Waals surface area contributed by atoms with Crippen molar-refractivity contribution in [1.82, 2.24) is 0 Å². The Morgan fingerprint density at radius 1 is 0.344 bits per heavy atom. The number of rotatable bonds is 44. The van der Waals surface area contributed by atoms with Gasteiger partial charge in [-0.2, -0.15) is 0 Å². The van der Waals surface area contributed by atoms with Crippen LogP contribution in [0.4, 0.5) is 0 Å². The fourth-order valence-electron chi connectivity index (χ4n) is 6.48. The lowest BCUT2D eigenvalue weighted by Gasteiger charge is -2.18. The highest BCUT2D eigenvalue weighted by Crippen LogP contribution is 2.13. The van der Waals surface area contributed by atoms with E-state index < -0.39 is 6.10 Å². The van der Waals surface area contributed by atoms with Crippen molar-refractivity contribution in [2.75, 3.05) is 13.2 Å². The number of unbranched alkanes of at least 4 members (excludes halogenated alkanes) is 16. The van der Waals surface area contributed by atoms with E-state index in [1.54, 1.807) is 0 Å². The quantitative estimate of drug-likeness (QED) is 0.0199. The minimum absolute atomic E-state index is 0.123. The highest BCUT2D eigenvalue weighted by molar-refractivity contribution is 5.71. The number of allylic oxidation sites excluding steroid dienone is 20. The lowest BCUT2D eigenvalue weighted by molar-refractivity contribution is -0.167. The Morgan fingerprint density at radius 3 is 1.23 bits per heavy atom.